The topological polar surface area (TPSA) is 40.5 Å². The van der Waals surface area contributed by atoms with Crippen LogP contribution in [0.3, 0.4) is 0 Å². The summed E-state index contributed by atoms with van der Waals surface area (Å²) in [5, 5.41) is 3.48. The number of benzene rings is 1. The monoisotopic (exact) mass is 294 g/mol. The lowest BCUT2D eigenvalue weighted by Gasteiger charge is -2.22. The van der Waals surface area contributed by atoms with Gasteiger partial charge in [0.25, 0.3) is 0 Å². The average Bonchev–Trinajstić information content (AvgIpc) is 2.97. The molecule has 2 aromatic rings. The van der Waals surface area contributed by atoms with E-state index < -0.39 is 0 Å². The van der Waals surface area contributed by atoms with Crippen molar-refractivity contribution < 1.29 is 0 Å². The second-order valence-electron chi connectivity index (χ2n) is 5.56. The third kappa shape index (κ3) is 2.96. The van der Waals surface area contributed by atoms with Crippen molar-refractivity contribution in [3.63, 3.8) is 0 Å². The molecule has 0 bridgehead atoms. The van der Waals surface area contributed by atoms with Crippen LogP contribution in [0.4, 0.5) is 5.69 Å². The van der Waals surface area contributed by atoms with E-state index in [4.69, 9.17) is 0 Å². The van der Waals surface area contributed by atoms with Gasteiger partial charge in [0.15, 0.2) is 5.96 Å². The van der Waals surface area contributed by atoms with E-state index in [1.54, 1.807) is 0 Å². The van der Waals surface area contributed by atoms with Gasteiger partial charge < -0.3 is 10.2 Å². The van der Waals surface area contributed by atoms with Crippen LogP contribution in [0.1, 0.15) is 16.7 Å². The lowest BCUT2D eigenvalue weighted by atomic mass is 10.1. The molecule has 0 atom stereocenters. The molecular formula is C18H22N4. The summed E-state index contributed by atoms with van der Waals surface area (Å²) in [6.07, 6.45) is 5.83. The highest BCUT2D eigenvalue weighted by atomic mass is 15.3. The summed E-state index contributed by atoms with van der Waals surface area (Å²) in [5.74, 6) is 0.955. The number of hydrogen-bond acceptors (Lipinski definition) is 2. The van der Waals surface area contributed by atoms with Gasteiger partial charge in [-0.25, -0.2) is 0 Å². The van der Waals surface area contributed by atoms with Crippen molar-refractivity contribution in [2.24, 2.45) is 4.99 Å². The van der Waals surface area contributed by atoms with Gasteiger partial charge in [-0.05, 0) is 48.6 Å². The quantitative estimate of drug-likeness (QED) is 0.698. The van der Waals surface area contributed by atoms with Crippen molar-refractivity contribution in [2.75, 3.05) is 25.0 Å². The first-order valence-corrected chi connectivity index (χ1v) is 7.75. The zero-order valence-electron chi connectivity index (χ0n) is 13.2. The number of para-hydroxylation sites is 1. The van der Waals surface area contributed by atoms with Crippen molar-refractivity contribution in [3.05, 3.63) is 59.4 Å². The lowest BCUT2D eigenvalue weighted by Crippen LogP contribution is -2.41. The molecule has 3 rings (SSSR count). The molecule has 0 amide bonds. The Hall–Kier alpha value is -2.36. The van der Waals surface area contributed by atoms with Gasteiger partial charge in [-0.15, -0.1) is 0 Å². The van der Waals surface area contributed by atoms with Gasteiger partial charge in [-0.2, -0.15) is 0 Å². The van der Waals surface area contributed by atoms with Gasteiger partial charge in [0.2, 0.25) is 0 Å². The predicted octanol–water partition coefficient (Wildman–Crippen LogP) is 2.57. The van der Waals surface area contributed by atoms with Crippen LogP contribution in [-0.2, 0) is 12.8 Å². The van der Waals surface area contributed by atoms with Gasteiger partial charge in [0, 0.05) is 38.2 Å². The molecular weight excluding hydrogens is 272 g/mol. The number of anilines is 1. The fraction of sp³-hybridized carbons (Fsp3) is 0.333. The summed E-state index contributed by atoms with van der Waals surface area (Å²) < 4.78 is 0. The summed E-state index contributed by atoms with van der Waals surface area (Å²) in [5.41, 5.74) is 5.25. The molecule has 4 nitrogen and oxygen atoms in total. The number of aryl methyl sites for hydroxylation is 1. The second-order valence-corrected chi connectivity index (χ2v) is 5.56. The van der Waals surface area contributed by atoms with Crippen molar-refractivity contribution in [1.29, 1.82) is 0 Å². The van der Waals surface area contributed by atoms with E-state index in [0.717, 1.165) is 31.9 Å². The first kappa shape index (κ1) is 14.6. The van der Waals surface area contributed by atoms with Crippen molar-refractivity contribution in [1.82, 2.24) is 10.3 Å². The fourth-order valence-electron chi connectivity index (χ4n) is 2.95. The van der Waals surface area contributed by atoms with E-state index in [0.29, 0.717) is 0 Å². The highest BCUT2D eigenvalue weighted by Gasteiger charge is 2.21. The summed E-state index contributed by atoms with van der Waals surface area (Å²) in [4.78, 5) is 10.9. The number of pyridine rings is 1. The Bertz CT molecular complexity index is 678. The molecule has 1 aromatic carbocycles. The summed E-state index contributed by atoms with van der Waals surface area (Å²) in [7, 11) is 1.85. The molecule has 0 fully saturated rings. The molecule has 4 heteroatoms. The Labute approximate surface area is 131 Å². The van der Waals surface area contributed by atoms with Crippen LogP contribution < -0.4 is 10.2 Å². The van der Waals surface area contributed by atoms with Crippen LogP contribution in [0.15, 0.2) is 47.7 Å². The first-order chi connectivity index (χ1) is 10.8. The maximum atomic E-state index is 4.44. The second kappa shape index (κ2) is 6.60. The molecule has 1 aliphatic rings. The summed E-state index contributed by atoms with van der Waals surface area (Å²) >= 11 is 0. The molecule has 0 unspecified atom stereocenters. The number of aromatic nitrogens is 1. The highest BCUT2D eigenvalue weighted by molar-refractivity contribution is 5.97. The van der Waals surface area contributed by atoms with E-state index >= 15 is 0 Å². The molecule has 1 N–H and O–H groups in total. The van der Waals surface area contributed by atoms with Crippen LogP contribution in [-0.4, -0.2) is 31.1 Å². The minimum atomic E-state index is 0.871. The SMILES string of the molecule is CN=C(NCCc1ccncc1C)N1CCc2ccccc21. The maximum Gasteiger partial charge on any atom is 0.198 e. The largest absolute Gasteiger partial charge is 0.356 e. The number of aliphatic imine (C=N–C) groups is 1. The maximum absolute atomic E-state index is 4.44. The zero-order valence-corrected chi connectivity index (χ0v) is 13.2. The zero-order chi connectivity index (χ0) is 15.4. The van der Waals surface area contributed by atoms with E-state index in [9.17, 15) is 0 Å². The van der Waals surface area contributed by atoms with Crippen molar-refractivity contribution >= 4 is 11.6 Å². The summed E-state index contributed by atoms with van der Waals surface area (Å²) in [6, 6.07) is 10.6. The highest BCUT2D eigenvalue weighted by Crippen LogP contribution is 2.27. The van der Waals surface area contributed by atoms with Gasteiger partial charge in [-0.3, -0.25) is 9.98 Å². The molecule has 1 aromatic heterocycles. The van der Waals surface area contributed by atoms with E-state index in [-0.39, 0.29) is 0 Å². The molecule has 22 heavy (non-hydrogen) atoms. The molecule has 0 saturated carbocycles. The van der Waals surface area contributed by atoms with Crippen LogP contribution in [0.2, 0.25) is 0 Å². The third-order valence-electron chi connectivity index (χ3n) is 4.17. The molecule has 0 saturated heterocycles. The normalized spacial score (nSPS) is 14.1. The average molecular weight is 294 g/mol. The fourth-order valence-corrected chi connectivity index (χ4v) is 2.95. The Morgan fingerprint density at radius 1 is 1.32 bits per heavy atom. The number of fused-ring (bicyclic) bond motifs is 1. The van der Waals surface area contributed by atoms with E-state index in [1.807, 2.05) is 19.4 Å². The van der Waals surface area contributed by atoms with Crippen LogP contribution in [0, 0.1) is 6.92 Å². The number of nitrogens with zero attached hydrogens (tertiary/aromatic N) is 3. The molecule has 1 aliphatic heterocycles. The Balaban J connectivity index is 1.63. The van der Waals surface area contributed by atoms with Gasteiger partial charge in [0.1, 0.15) is 0 Å². The molecule has 114 valence electrons. The van der Waals surface area contributed by atoms with E-state index in [1.165, 1.54) is 22.4 Å². The van der Waals surface area contributed by atoms with Crippen molar-refractivity contribution in [2.45, 2.75) is 19.8 Å². The standard InChI is InChI=1S/C18H22N4/c1-14-13-20-10-7-15(14)8-11-21-18(19-2)22-12-9-16-5-3-4-6-17(16)22/h3-7,10,13H,8-9,11-12H2,1-2H3,(H,19,21). The Morgan fingerprint density at radius 3 is 3.00 bits per heavy atom. The van der Waals surface area contributed by atoms with E-state index in [2.05, 4.69) is 57.4 Å². The predicted molar refractivity (Wildman–Crippen MR) is 91.5 cm³/mol. The number of hydrogen-bond donors (Lipinski definition) is 1. The Morgan fingerprint density at radius 2 is 2.18 bits per heavy atom. The molecule has 2 heterocycles. The number of nitrogens with one attached hydrogen (secondary N) is 1. The minimum absolute atomic E-state index is 0.871. The number of rotatable bonds is 3. The minimum Gasteiger partial charge on any atom is -0.356 e. The van der Waals surface area contributed by atoms with Crippen LogP contribution in [0.25, 0.3) is 0 Å². The van der Waals surface area contributed by atoms with Gasteiger partial charge >= 0.3 is 0 Å². The van der Waals surface area contributed by atoms with Gasteiger partial charge in [0.05, 0.1) is 0 Å². The molecule has 0 aliphatic carbocycles. The van der Waals surface area contributed by atoms with Gasteiger partial charge in [-0.1, -0.05) is 18.2 Å². The van der Waals surface area contributed by atoms with Crippen LogP contribution >= 0.6 is 0 Å². The molecule has 0 radical (unpaired) electrons. The summed E-state index contributed by atoms with van der Waals surface area (Å²) in [6.45, 7) is 3.97. The van der Waals surface area contributed by atoms with Crippen LogP contribution in [0.5, 0.6) is 0 Å². The Kier molecular flexibility index (Phi) is 4.37. The molecule has 0 spiro atoms. The third-order valence-corrected chi connectivity index (χ3v) is 4.17. The lowest BCUT2D eigenvalue weighted by molar-refractivity contribution is 0.831. The van der Waals surface area contributed by atoms with Crippen molar-refractivity contribution in [3.8, 4) is 0 Å². The first-order valence-electron chi connectivity index (χ1n) is 7.75. The smallest absolute Gasteiger partial charge is 0.198 e. The number of guanidine groups is 1.